The minimum atomic E-state index is -0.408. The lowest BCUT2D eigenvalue weighted by Gasteiger charge is -2.06. The Bertz CT molecular complexity index is 368. The summed E-state index contributed by atoms with van der Waals surface area (Å²) in [7, 11) is 0. The van der Waals surface area contributed by atoms with Crippen LogP contribution in [0.2, 0.25) is 5.02 Å². The lowest BCUT2D eigenvalue weighted by Crippen LogP contribution is -2.11. The van der Waals surface area contributed by atoms with Gasteiger partial charge in [-0.2, -0.15) is 0 Å². The molecule has 5 heteroatoms. The highest BCUT2D eigenvalue weighted by Gasteiger charge is 2.11. The first kappa shape index (κ1) is 13.5. The Balaban J connectivity index is 2.55. The molecule has 0 aliphatic carbocycles. The van der Waals surface area contributed by atoms with Crippen molar-refractivity contribution in [3.05, 3.63) is 33.3 Å². The summed E-state index contributed by atoms with van der Waals surface area (Å²) >= 11 is 9.05. The van der Waals surface area contributed by atoms with Gasteiger partial charge in [0.2, 0.25) is 0 Å². The van der Waals surface area contributed by atoms with E-state index in [2.05, 4.69) is 15.9 Å². The van der Waals surface area contributed by atoms with E-state index in [0.29, 0.717) is 28.3 Å². The van der Waals surface area contributed by atoms with Crippen LogP contribution in [0.4, 0.5) is 0 Å². The topological polar surface area (TPSA) is 35.5 Å². The molecule has 0 heterocycles. The molecule has 0 radical (unpaired) electrons. The molecule has 0 atom stereocenters. The summed E-state index contributed by atoms with van der Waals surface area (Å²) in [6.45, 7) is 3.14. The van der Waals surface area contributed by atoms with E-state index in [4.69, 9.17) is 21.1 Å². The summed E-state index contributed by atoms with van der Waals surface area (Å²) in [5, 5.41) is 0.500. The second-order valence-electron chi connectivity index (χ2n) is 2.96. The van der Waals surface area contributed by atoms with Crippen molar-refractivity contribution in [2.45, 2.75) is 6.92 Å². The Labute approximate surface area is 108 Å². The zero-order valence-electron chi connectivity index (χ0n) is 8.83. The second-order valence-corrected chi connectivity index (χ2v) is 4.25. The molecule has 1 aromatic carbocycles. The smallest absolute Gasteiger partial charge is 0.339 e. The standard InChI is InChI=1S/C11H12BrClO3/c1-2-15-5-6-16-11(14)9-7-8(13)3-4-10(9)12/h3-4,7H,2,5-6H2,1H3. The first-order valence-electron chi connectivity index (χ1n) is 4.85. The van der Waals surface area contributed by atoms with E-state index in [9.17, 15) is 4.79 Å². The van der Waals surface area contributed by atoms with Crippen molar-refractivity contribution in [1.82, 2.24) is 0 Å². The molecule has 0 fully saturated rings. The van der Waals surface area contributed by atoms with Crippen LogP contribution in [0.15, 0.2) is 22.7 Å². The maximum atomic E-state index is 11.6. The third kappa shape index (κ3) is 4.12. The molecule has 1 aromatic rings. The van der Waals surface area contributed by atoms with Gasteiger partial charge in [-0.3, -0.25) is 0 Å². The van der Waals surface area contributed by atoms with Gasteiger partial charge in [0.15, 0.2) is 0 Å². The number of benzene rings is 1. The molecule has 0 saturated heterocycles. The summed E-state index contributed by atoms with van der Waals surface area (Å²) < 4.78 is 10.7. The number of esters is 1. The van der Waals surface area contributed by atoms with Crippen LogP contribution in [-0.2, 0) is 9.47 Å². The average molecular weight is 308 g/mol. The van der Waals surface area contributed by atoms with Gasteiger partial charge in [-0.1, -0.05) is 11.6 Å². The Morgan fingerprint density at radius 2 is 2.19 bits per heavy atom. The number of hydrogen-bond acceptors (Lipinski definition) is 3. The second kappa shape index (κ2) is 6.89. The van der Waals surface area contributed by atoms with Crippen LogP contribution < -0.4 is 0 Å². The third-order valence-corrected chi connectivity index (χ3v) is 2.74. The van der Waals surface area contributed by atoms with Gasteiger partial charge in [0.05, 0.1) is 12.2 Å². The van der Waals surface area contributed by atoms with Gasteiger partial charge in [-0.15, -0.1) is 0 Å². The first-order chi connectivity index (χ1) is 7.65. The molecule has 16 heavy (non-hydrogen) atoms. The number of halogens is 2. The highest BCUT2D eigenvalue weighted by Crippen LogP contribution is 2.21. The molecule has 0 bridgehead atoms. The lowest BCUT2D eigenvalue weighted by atomic mass is 10.2. The van der Waals surface area contributed by atoms with Crippen molar-refractivity contribution in [3.63, 3.8) is 0 Å². The Morgan fingerprint density at radius 3 is 2.88 bits per heavy atom. The van der Waals surface area contributed by atoms with Gasteiger partial charge in [0.1, 0.15) is 6.61 Å². The fourth-order valence-corrected chi connectivity index (χ4v) is 1.65. The van der Waals surface area contributed by atoms with E-state index in [1.807, 2.05) is 6.92 Å². The summed E-state index contributed by atoms with van der Waals surface area (Å²) in [4.78, 5) is 11.6. The molecule has 1 rings (SSSR count). The van der Waals surface area contributed by atoms with Crippen molar-refractivity contribution in [1.29, 1.82) is 0 Å². The highest BCUT2D eigenvalue weighted by molar-refractivity contribution is 9.10. The molecule has 0 aliphatic heterocycles. The van der Waals surface area contributed by atoms with Crippen LogP contribution in [-0.4, -0.2) is 25.8 Å². The molecule has 0 spiro atoms. The number of carbonyl (C=O) groups is 1. The predicted molar refractivity (Wildman–Crippen MR) is 65.9 cm³/mol. The fourth-order valence-electron chi connectivity index (χ4n) is 1.07. The number of carbonyl (C=O) groups excluding carboxylic acids is 1. The lowest BCUT2D eigenvalue weighted by molar-refractivity contribution is 0.0334. The van der Waals surface area contributed by atoms with E-state index >= 15 is 0 Å². The fraction of sp³-hybridized carbons (Fsp3) is 0.364. The molecular formula is C11H12BrClO3. The van der Waals surface area contributed by atoms with Crippen LogP contribution in [0.1, 0.15) is 17.3 Å². The zero-order valence-corrected chi connectivity index (χ0v) is 11.2. The van der Waals surface area contributed by atoms with Gasteiger partial charge in [0, 0.05) is 16.1 Å². The quantitative estimate of drug-likeness (QED) is 0.618. The maximum Gasteiger partial charge on any atom is 0.339 e. The minimum absolute atomic E-state index is 0.242. The maximum absolute atomic E-state index is 11.6. The molecule has 0 aliphatic rings. The van der Waals surface area contributed by atoms with Crippen molar-refractivity contribution in [3.8, 4) is 0 Å². The summed E-state index contributed by atoms with van der Waals surface area (Å²) in [5.41, 5.74) is 0.420. The van der Waals surface area contributed by atoms with Crippen LogP contribution in [0.5, 0.6) is 0 Å². The minimum Gasteiger partial charge on any atom is -0.460 e. The SMILES string of the molecule is CCOCCOC(=O)c1cc(Cl)ccc1Br. The van der Waals surface area contributed by atoms with Crippen molar-refractivity contribution < 1.29 is 14.3 Å². The molecule has 0 unspecified atom stereocenters. The zero-order chi connectivity index (χ0) is 12.0. The molecule has 0 saturated carbocycles. The van der Waals surface area contributed by atoms with Gasteiger partial charge >= 0.3 is 5.97 Å². The Morgan fingerprint density at radius 1 is 1.44 bits per heavy atom. The molecule has 88 valence electrons. The highest BCUT2D eigenvalue weighted by atomic mass is 79.9. The summed E-state index contributed by atoms with van der Waals surface area (Å²) in [6, 6.07) is 4.97. The molecule has 0 aromatic heterocycles. The normalized spacial score (nSPS) is 10.2. The Hall–Kier alpha value is -0.580. The molecule has 0 N–H and O–H groups in total. The predicted octanol–water partition coefficient (Wildman–Crippen LogP) is 3.30. The van der Waals surface area contributed by atoms with E-state index in [0.717, 1.165) is 0 Å². The average Bonchev–Trinajstić information content (AvgIpc) is 2.27. The molecule has 3 nitrogen and oxygen atoms in total. The number of rotatable bonds is 5. The summed E-state index contributed by atoms with van der Waals surface area (Å²) in [5.74, 6) is -0.408. The van der Waals surface area contributed by atoms with Crippen molar-refractivity contribution in [2.75, 3.05) is 19.8 Å². The van der Waals surface area contributed by atoms with Crippen LogP contribution in [0.3, 0.4) is 0 Å². The summed E-state index contributed by atoms with van der Waals surface area (Å²) in [6.07, 6.45) is 0. The molecular weight excluding hydrogens is 295 g/mol. The van der Waals surface area contributed by atoms with Crippen LogP contribution in [0.25, 0.3) is 0 Å². The van der Waals surface area contributed by atoms with Crippen molar-refractivity contribution in [2.24, 2.45) is 0 Å². The third-order valence-electron chi connectivity index (χ3n) is 1.81. The van der Waals surface area contributed by atoms with Gasteiger partial charge in [-0.05, 0) is 41.1 Å². The monoisotopic (exact) mass is 306 g/mol. The van der Waals surface area contributed by atoms with Crippen LogP contribution >= 0.6 is 27.5 Å². The van der Waals surface area contributed by atoms with E-state index in [1.54, 1.807) is 18.2 Å². The number of ether oxygens (including phenoxy) is 2. The van der Waals surface area contributed by atoms with Crippen molar-refractivity contribution >= 4 is 33.5 Å². The van der Waals surface area contributed by atoms with Gasteiger partial charge < -0.3 is 9.47 Å². The number of hydrogen-bond donors (Lipinski definition) is 0. The van der Waals surface area contributed by atoms with Gasteiger partial charge in [0.25, 0.3) is 0 Å². The molecule has 0 amide bonds. The Kier molecular flexibility index (Phi) is 5.80. The van der Waals surface area contributed by atoms with Gasteiger partial charge in [-0.25, -0.2) is 4.79 Å². The van der Waals surface area contributed by atoms with E-state index in [-0.39, 0.29) is 6.61 Å². The largest absolute Gasteiger partial charge is 0.460 e. The van der Waals surface area contributed by atoms with E-state index in [1.165, 1.54) is 0 Å². The van der Waals surface area contributed by atoms with E-state index < -0.39 is 5.97 Å². The first-order valence-corrected chi connectivity index (χ1v) is 6.02. The van der Waals surface area contributed by atoms with Crippen LogP contribution in [0, 0.1) is 0 Å².